The number of rotatable bonds is 4. The summed E-state index contributed by atoms with van der Waals surface area (Å²) in [6.45, 7) is 3.53. The van der Waals surface area contributed by atoms with Gasteiger partial charge in [0, 0.05) is 12.6 Å². The molecule has 5 heteroatoms. The van der Waals surface area contributed by atoms with E-state index >= 15 is 0 Å². The van der Waals surface area contributed by atoms with Crippen molar-refractivity contribution in [2.75, 3.05) is 13.1 Å². The molecule has 0 aromatic carbocycles. The van der Waals surface area contributed by atoms with Gasteiger partial charge in [0.2, 0.25) is 0 Å². The Morgan fingerprint density at radius 3 is 2.88 bits per heavy atom. The lowest BCUT2D eigenvalue weighted by Gasteiger charge is -2.17. The summed E-state index contributed by atoms with van der Waals surface area (Å²) in [7, 11) is 0. The summed E-state index contributed by atoms with van der Waals surface area (Å²) in [5, 5.41) is 6.04. The summed E-state index contributed by atoms with van der Waals surface area (Å²) in [5.41, 5.74) is 0. The molecule has 2 saturated heterocycles. The third-order valence-electron chi connectivity index (χ3n) is 3.25. The van der Waals surface area contributed by atoms with Crippen molar-refractivity contribution in [3.63, 3.8) is 0 Å². The smallest absolute Gasteiger partial charge is 0.324 e. The van der Waals surface area contributed by atoms with Crippen molar-refractivity contribution in [2.24, 2.45) is 0 Å². The molecule has 0 saturated carbocycles. The van der Waals surface area contributed by atoms with E-state index in [0.717, 1.165) is 32.2 Å². The minimum Gasteiger partial charge on any atom is -0.326 e. The van der Waals surface area contributed by atoms with Gasteiger partial charge in [-0.3, -0.25) is 9.69 Å². The summed E-state index contributed by atoms with van der Waals surface area (Å²) in [6, 6.07) is -0.230. The van der Waals surface area contributed by atoms with Gasteiger partial charge < -0.3 is 10.6 Å². The van der Waals surface area contributed by atoms with Gasteiger partial charge in [0.05, 0.1) is 0 Å². The summed E-state index contributed by atoms with van der Waals surface area (Å²) in [6.07, 6.45) is 3.83. The number of carbonyl (C=O) groups excluding carboxylic acids is 2. The van der Waals surface area contributed by atoms with E-state index in [0.29, 0.717) is 6.54 Å². The molecule has 2 rings (SSSR count). The van der Waals surface area contributed by atoms with Crippen LogP contribution in [0.5, 0.6) is 0 Å². The highest BCUT2D eigenvalue weighted by molar-refractivity contribution is 6.04. The highest BCUT2D eigenvalue weighted by Gasteiger charge is 2.38. The van der Waals surface area contributed by atoms with Crippen LogP contribution in [0.4, 0.5) is 4.79 Å². The van der Waals surface area contributed by atoms with Gasteiger partial charge in [0.1, 0.15) is 6.04 Å². The molecule has 0 aliphatic carbocycles. The Balaban J connectivity index is 1.93. The zero-order valence-electron chi connectivity index (χ0n) is 9.66. The molecule has 2 aliphatic heterocycles. The van der Waals surface area contributed by atoms with E-state index in [1.165, 1.54) is 4.90 Å². The standard InChI is InChI=1S/C11H19N3O2/c1-2-4-9-10(15)14(11(16)13-9)7-8-5-3-6-12-8/h8-9,12H,2-7H2,1H3,(H,13,16)/t8-,9?/m1/s1. The number of hydrogen-bond donors (Lipinski definition) is 2. The molecule has 0 spiro atoms. The molecule has 0 radical (unpaired) electrons. The maximum Gasteiger partial charge on any atom is 0.324 e. The van der Waals surface area contributed by atoms with Crippen LogP contribution in [0.25, 0.3) is 0 Å². The van der Waals surface area contributed by atoms with E-state index in [4.69, 9.17) is 0 Å². The minimum atomic E-state index is -0.293. The number of hydrogen-bond acceptors (Lipinski definition) is 3. The zero-order chi connectivity index (χ0) is 11.5. The Morgan fingerprint density at radius 2 is 2.25 bits per heavy atom. The van der Waals surface area contributed by atoms with Crippen molar-refractivity contribution in [2.45, 2.75) is 44.7 Å². The van der Waals surface area contributed by atoms with Crippen LogP contribution in [0.15, 0.2) is 0 Å². The Hall–Kier alpha value is -1.10. The molecule has 2 aliphatic rings. The second-order valence-corrected chi connectivity index (χ2v) is 4.53. The van der Waals surface area contributed by atoms with Crippen molar-refractivity contribution in [1.82, 2.24) is 15.5 Å². The van der Waals surface area contributed by atoms with Crippen LogP contribution in [0.3, 0.4) is 0 Å². The Bertz CT molecular complexity index is 287. The lowest BCUT2D eigenvalue weighted by Crippen LogP contribution is -2.41. The summed E-state index contributed by atoms with van der Waals surface area (Å²) >= 11 is 0. The van der Waals surface area contributed by atoms with Gasteiger partial charge >= 0.3 is 6.03 Å². The predicted octanol–water partition coefficient (Wildman–Crippen LogP) is 0.459. The summed E-state index contributed by atoms with van der Waals surface area (Å²) < 4.78 is 0. The van der Waals surface area contributed by atoms with Crippen LogP contribution in [0.1, 0.15) is 32.6 Å². The molecule has 0 bridgehead atoms. The second-order valence-electron chi connectivity index (χ2n) is 4.53. The van der Waals surface area contributed by atoms with Gasteiger partial charge in [0.15, 0.2) is 0 Å². The highest BCUT2D eigenvalue weighted by Crippen LogP contribution is 2.14. The minimum absolute atomic E-state index is 0.0550. The zero-order valence-corrected chi connectivity index (χ0v) is 9.66. The first-order valence-corrected chi connectivity index (χ1v) is 6.07. The summed E-state index contributed by atoms with van der Waals surface area (Å²) in [4.78, 5) is 24.9. The number of nitrogens with zero attached hydrogens (tertiary/aromatic N) is 1. The topological polar surface area (TPSA) is 61.4 Å². The largest absolute Gasteiger partial charge is 0.326 e. The molecule has 2 fully saturated rings. The van der Waals surface area contributed by atoms with Crippen LogP contribution < -0.4 is 10.6 Å². The molecule has 2 heterocycles. The lowest BCUT2D eigenvalue weighted by molar-refractivity contribution is -0.127. The third kappa shape index (κ3) is 2.19. The fourth-order valence-corrected chi connectivity index (χ4v) is 2.37. The van der Waals surface area contributed by atoms with Crippen LogP contribution in [-0.2, 0) is 4.79 Å². The molecule has 5 nitrogen and oxygen atoms in total. The van der Waals surface area contributed by atoms with Gasteiger partial charge in [-0.25, -0.2) is 4.79 Å². The maximum atomic E-state index is 11.9. The van der Waals surface area contributed by atoms with Crippen LogP contribution in [0, 0.1) is 0 Å². The number of amides is 3. The monoisotopic (exact) mass is 225 g/mol. The predicted molar refractivity (Wildman–Crippen MR) is 60.0 cm³/mol. The number of nitrogens with one attached hydrogen (secondary N) is 2. The van der Waals surface area contributed by atoms with Crippen molar-refractivity contribution >= 4 is 11.9 Å². The normalized spacial score (nSPS) is 29.9. The first kappa shape index (κ1) is 11.4. The SMILES string of the molecule is CCCC1NC(=O)N(C[C@H]2CCCN2)C1=O. The Morgan fingerprint density at radius 1 is 1.44 bits per heavy atom. The molecule has 0 aromatic rings. The summed E-state index contributed by atoms with van der Waals surface area (Å²) in [5.74, 6) is -0.0550. The number of carbonyl (C=O) groups is 2. The first-order valence-electron chi connectivity index (χ1n) is 6.07. The van der Waals surface area contributed by atoms with E-state index in [1.807, 2.05) is 6.92 Å². The molecular weight excluding hydrogens is 206 g/mol. The molecule has 1 unspecified atom stereocenters. The van der Waals surface area contributed by atoms with Gasteiger partial charge in [-0.05, 0) is 25.8 Å². The molecule has 16 heavy (non-hydrogen) atoms. The van der Waals surface area contributed by atoms with Crippen LogP contribution in [0.2, 0.25) is 0 Å². The van der Waals surface area contributed by atoms with Crippen molar-refractivity contribution in [3.8, 4) is 0 Å². The van der Waals surface area contributed by atoms with Crippen molar-refractivity contribution in [3.05, 3.63) is 0 Å². The second kappa shape index (κ2) is 4.82. The van der Waals surface area contributed by atoms with E-state index < -0.39 is 0 Å². The van der Waals surface area contributed by atoms with Crippen LogP contribution in [-0.4, -0.2) is 42.0 Å². The van der Waals surface area contributed by atoms with Crippen LogP contribution >= 0.6 is 0 Å². The fourth-order valence-electron chi connectivity index (χ4n) is 2.37. The molecule has 0 aromatic heterocycles. The van der Waals surface area contributed by atoms with Gasteiger partial charge in [-0.1, -0.05) is 13.3 Å². The lowest BCUT2D eigenvalue weighted by atomic mass is 10.1. The number of urea groups is 1. The fraction of sp³-hybridized carbons (Fsp3) is 0.818. The van der Waals surface area contributed by atoms with E-state index in [9.17, 15) is 9.59 Å². The quantitative estimate of drug-likeness (QED) is 0.683. The Kier molecular flexibility index (Phi) is 3.43. The van der Waals surface area contributed by atoms with Crippen molar-refractivity contribution in [1.29, 1.82) is 0 Å². The first-order chi connectivity index (χ1) is 7.72. The average Bonchev–Trinajstić information content (AvgIpc) is 2.84. The average molecular weight is 225 g/mol. The maximum absolute atomic E-state index is 11.9. The van der Waals surface area contributed by atoms with Crippen molar-refractivity contribution < 1.29 is 9.59 Å². The van der Waals surface area contributed by atoms with E-state index in [2.05, 4.69) is 10.6 Å². The Labute approximate surface area is 95.6 Å². The third-order valence-corrected chi connectivity index (χ3v) is 3.25. The van der Waals surface area contributed by atoms with E-state index in [-0.39, 0.29) is 24.0 Å². The molecule has 90 valence electrons. The van der Waals surface area contributed by atoms with Gasteiger partial charge in [0.25, 0.3) is 5.91 Å². The van der Waals surface area contributed by atoms with Gasteiger partial charge in [-0.2, -0.15) is 0 Å². The van der Waals surface area contributed by atoms with E-state index in [1.54, 1.807) is 0 Å². The van der Waals surface area contributed by atoms with Gasteiger partial charge in [-0.15, -0.1) is 0 Å². The molecule has 2 atom stereocenters. The molecule has 3 amide bonds. The molecular formula is C11H19N3O2. The number of imide groups is 1. The molecule has 2 N–H and O–H groups in total. The highest BCUT2D eigenvalue weighted by atomic mass is 16.2.